The van der Waals surface area contributed by atoms with Gasteiger partial charge in [0.2, 0.25) is 0 Å². The van der Waals surface area contributed by atoms with Gasteiger partial charge in [0, 0.05) is 0 Å². The SMILES string of the molecule is Cc1ccc(S(=O)(=O)OCCc2cc(C)cc(C)c2)cc1. The maximum Gasteiger partial charge on any atom is 0.296 e. The molecule has 0 aromatic heterocycles. The van der Waals surface area contributed by atoms with Crippen LogP contribution in [0.3, 0.4) is 0 Å². The molecule has 112 valence electrons. The van der Waals surface area contributed by atoms with Crippen LogP contribution in [0.5, 0.6) is 0 Å². The lowest BCUT2D eigenvalue weighted by molar-refractivity contribution is 0.322. The number of rotatable bonds is 5. The van der Waals surface area contributed by atoms with Crippen molar-refractivity contribution in [3.63, 3.8) is 0 Å². The van der Waals surface area contributed by atoms with Gasteiger partial charge >= 0.3 is 0 Å². The van der Waals surface area contributed by atoms with E-state index in [4.69, 9.17) is 4.18 Å². The maximum atomic E-state index is 12.0. The Hall–Kier alpha value is -1.65. The molecule has 3 nitrogen and oxygen atoms in total. The molecule has 0 amide bonds. The zero-order valence-corrected chi connectivity index (χ0v) is 13.4. The minimum absolute atomic E-state index is 0.152. The Morgan fingerprint density at radius 1 is 0.857 bits per heavy atom. The second-order valence-corrected chi connectivity index (χ2v) is 6.95. The van der Waals surface area contributed by atoms with Crippen molar-refractivity contribution in [2.24, 2.45) is 0 Å². The molecule has 2 rings (SSSR count). The molecule has 0 spiro atoms. The van der Waals surface area contributed by atoms with E-state index in [1.807, 2.05) is 20.8 Å². The van der Waals surface area contributed by atoms with E-state index in [0.717, 1.165) is 11.1 Å². The minimum Gasteiger partial charge on any atom is -0.266 e. The lowest BCUT2D eigenvalue weighted by Crippen LogP contribution is -2.09. The molecule has 0 atom stereocenters. The Labute approximate surface area is 126 Å². The second-order valence-electron chi connectivity index (χ2n) is 5.34. The summed E-state index contributed by atoms with van der Waals surface area (Å²) < 4.78 is 29.2. The van der Waals surface area contributed by atoms with Crippen LogP contribution in [0.1, 0.15) is 22.3 Å². The molecule has 21 heavy (non-hydrogen) atoms. The first-order chi connectivity index (χ1) is 9.87. The second kappa shape index (κ2) is 6.41. The fourth-order valence-corrected chi connectivity index (χ4v) is 3.16. The molecular weight excluding hydrogens is 284 g/mol. The standard InChI is InChI=1S/C17H20O3S/c1-13-4-6-17(7-5-13)21(18,19)20-9-8-16-11-14(2)10-15(3)12-16/h4-7,10-12H,8-9H2,1-3H3. The van der Waals surface area contributed by atoms with Crippen LogP contribution >= 0.6 is 0 Å². The molecule has 0 N–H and O–H groups in total. The Bertz CT molecular complexity index is 696. The van der Waals surface area contributed by atoms with Crippen LogP contribution in [0.25, 0.3) is 0 Å². The first kappa shape index (κ1) is 15.7. The topological polar surface area (TPSA) is 43.4 Å². The summed E-state index contributed by atoms with van der Waals surface area (Å²) in [7, 11) is -3.67. The molecule has 0 heterocycles. The quantitative estimate of drug-likeness (QED) is 0.793. The predicted molar refractivity (Wildman–Crippen MR) is 83.9 cm³/mol. The summed E-state index contributed by atoms with van der Waals surface area (Å²) in [6.07, 6.45) is 0.577. The van der Waals surface area contributed by atoms with Crippen molar-refractivity contribution >= 4 is 10.1 Å². The Balaban J connectivity index is 2.00. The van der Waals surface area contributed by atoms with Gasteiger partial charge in [-0.1, -0.05) is 47.0 Å². The lowest BCUT2D eigenvalue weighted by atomic mass is 10.1. The van der Waals surface area contributed by atoms with Crippen LogP contribution in [0.4, 0.5) is 0 Å². The predicted octanol–water partition coefficient (Wildman–Crippen LogP) is 3.56. The smallest absolute Gasteiger partial charge is 0.266 e. The molecule has 2 aromatic rings. The Kier molecular flexibility index (Phi) is 4.80. The average Bonchev–Trinajstić information content (AvgIpc) is 2.37. The highest BCUT2D eigenvalue weighted by Gasteiger charge is 2.14. The van der Waals surface area contributed by atoms with E-state index < -0.39 is 10.1 Å². The third kappa shape index (κ3) is 4.41. The van der Waals surface area contributed by atoms with Gasteiger partial charge in [-0.15, -0.1) is 0 Å². The molecule has 0 unspecified atom stereocenters. The van der Waals surface area contributed by atoms with Gasteiger partial charge < -0.3 is 0 Å². The summed E-state index contributed by atoms with van der Waals surface area (Å²) in [5, 5.41) is 0. The van der Waals surface area contributed by atoms with Gasteiger partial charge in [0.15, 0.2) is 0 Å². The fourth-order valence-electron chi connectivity index (χ4n) is 2.26. The number of hydrogen-bond donors (Lipinski definition) is 0. The van der Waals surface area contributed by atoms with Crippen LogP contribution in [0, 0.1) is 20.8 Å². The molecule has 2 aromatic carbocycles. The van der Waals surface area contributed by atoms with Crippen LogP contribution in [-0.4, -0.2) is 15.0 Å². The van der Waals surface area contributed by atoms with E-state index in [1.54, 1.807) is 24.3 Å². The van der Waals surface area contributed by atoms with E-state index in [1.165, 1.54) is 11.1 Å². The molecular formula is C17H20O3S. The molecule has 0 bridgehead atoms. The van der Waals surface area contributed by atoms with Crippen LogP contribution in [0.2, 0.25) is 0 Å². The largest absolute Gasteiger partial charge is 0.296 e. The summed E-state index contributed by atoms with van der Waals surface area (Å²) in [5.74, 6) is 0. The van der Waals surface area contributed by atoms with Crippen molar-refractivity contribution in [2.75, 3.05) is 6.61 Å². The van der Waals surface area contributed by atoms with Crippen LogP contribution in [0.15, 0.2) is 47.4 Å². The van der Waals surface area contributed by atoms with Gasteiger partial charge in [-0.05, 0) is 44.9 Å². The third-order valence-electron chi connectivity index (χ3n) is 3.22. The average molecular weight is 304 g/mol. The molecule has 0 saturated heterocycles. The lowest BCUT2D eigenvalue weighted by Gasteiger charge is -2.07. The van der Waals surface area contributed by atoms with Gasteiger partial charge in [-0.25, -0.2) is 0 Å². The van der Waals surface area contributed by atoms with E-state index in [2.05, 4.69) is 18.2 Å². The summed E-state index contributed by atoms with van der Waals surface area (Å²) in [5.41, 5.74) is 4.45. The minimum atomic E-state index is -3.67. The number of benzene rings is 2. The van der Waals surface area contributed by atoms with E-state index in [0.29, 0.717) is 6.42 Å². The normalized spacial score (nSPS) is 11.6. The molecule has 0 aliphatic carbocycles. The number of hydrogen-bond acceptors (Lipinski definition) is 3. The van der Waals surface area contributed by atoms with Gasteiger partial charge in [-0.3, -0.25) is 4.18 Å². The van der Waals surface area contributed by atoms with E-state index in [9.17, 15) is 8.42 Å². The highest BCUT2D eigenvalue weighted by Crippen LogP contribution is 2.15. The Morgan fingerprint density at radius 2 is 1.43 bits per heavy atom. The highest BCUT2D eigenvalue weighted by atomic mass is 32.2. The molecule has 0 radical (unpaired) electrons. The Morgan fingerprint density at radius 3 is 2.00 bits per heavy atom. The summed E-state index contributed by atoms with van der Waals surface area (Å²) in [4.78, 5) is 0.202. The summed E-state index contributed by atoms with van der Waals surface area (Å²) >= 11 is 0. The van der Waals surface area contributed by atoms with Crippen molar-refractivity contribution < 1.29 is 12.6 Å². The fraction of sp³-hybridized carbons (Fsp3) is 0.294. The van der Waals surface area contributed by atoms with Crippen molar-refractivity contribution in [2.45, 2.75) is 32.1 Å². The van der Waals surface area contributed by atoms with Gasteiger partial charge in [0.1, 0.15) is 0 Å². The first-order valence-electron chi connectivity index (χ1n) is 6.90. The van der Waals surface area contributed by atoms with E-state index in [-0.39, 0.29) is 11.5 Å². The molecule has 4 heteroatoms. The molecule has 0 aliphatic heterocycles. The zero-order chi connectivity index (χ0) is 15.5. The zero-order valence-electron chi connectivity index (χ0n) is 12.6. The first-order valence-corrected chi connectivity index (χ1v) is 8.31. The maximum absolute atomic E-state index is 12.0. The molecule has 0 aliphatic rings. The van der Waals surface area contributed by atoms with Crippen molar-refractivity contribution in [3.05, 3.63) is 64.7 Å². The van der Waals surface area contributed by atoms with Crippen molar-refractivity contribution in [1.29, 1.82) is 0 Å². The van der Waals surface area contributed by atoms with Crippen molar-refractivity contribution in [3.8, 4) is 0 Å². The van der Waals surface area contributed by atoms with Gasteiger partial charge in [0.25, 0.3) is 10.1 Å². The monoisotopic (exact) mass is 304 g/mol. The summed E-state index contributed by atoms with van der Waals surface area (Å²) in [6.45, 7) is 6.12. The molecule has 0 fully saturated rings. The van der Waals surface area contributed by atoms with Gasteiger partial charge in [0.05, 0.1) is 11.5 Å². The summed E-state index contributed by atoms with van der Waals surface area (Å²) in [6, 6.07) is 12.9. The van der Waals surface area contributed by atoms with E-state index >= 15 is 0 Å². The van der Waals surface area contributed by atoms with Crippen LogP contribution in [-0.2, 0) is 20.7 Å². The molecule has 0 saturated carbocycles. The third-order valence-corrected chi connectivity index (χ3v) is 4.55. The van der Waals surface area contributed by atoms with Gasteiger partial charge in [-0.2, -0.15) is 8.42 Å². The highest BCUT2D eigenvalue weighted by molar-refractivity contribution is 7.86. The van der Waals surface area contributed by atoms with Crippen molar-refractivity contribution in [1.82, 2.24) is 0 Å². The van der Waals surface area contributed by atoms with Crippen LogP contribution < -0.4 is 0 Å². The number of aryl methyl sites for hydroxylation is 3.